The van der Waals surface area contributed by atoms with Gasteiger partial charge in [0.15, 0.2) is 0 Å². The third-order valence-electron chi connectivity index (χ3n) is 2.09. The van der Waals surface area contributed by atoms with Crippen molar-refractivity contribution in [3.8, 4) is 0 Å². The Kier molecular flexibility index (Phi) is 5.68. The number of methoxy groups -OCH3 is 1. The molecule has 0 bridgehead atoms. The number of hydrogen-bond donors (Lipinski definition) is 1. The molecule has 0 aliphatic rings. The molecule has 0 spiro atoms. The van der Waals surface area contributed by atoms with E-state index in [0.29, 0.717) is 0 Å². The van der Waals surface area contributed by atoms with Gasteiger partial charge in [-0.1, -0.05) is 6.07 Å². The second-order valence-corrected chi connectivity index (χ2v) is 4.13. The molecular weight excluding hydrogens is 208 g/mol. The van der Waals surface area contributed by atoms with Crippen molar-refractivity contribution in [2.45, 2.75) is 18.5 Å². The van der Waals surface area contributed by atoms with Crippen LogP contribution in [0.2, 0.25) is 0 Å². The van der Waals surface area contributed by atoms with Crippen LogP contribution < -0.4 is 5.32 Å². The van der Waals surface area contributed by atoms with E-state index < -0.39 is 0 Å². The summed E-state index contributed by atoms with van der Waals surface area (Å²) in [6.07, 6.45) is 3.98. The van der Waals surface area contributed by atoms with Gasteiger partial charge in [0.1, 0.15) is 0 Å². The van der Waals surface area contributed by atoms with Crippen molar-refractivity contribution < 1.29 is 4.74 Å². The van der Waals surface area contributed by atoms with Gasteiger partial charge in [0, 0.05) is 26.4 Å². The third-order valence-corrected chi connectivity index (χ3v) is 2.91. The highest BCUT2D eigenvalue weighted by Gasteiger charge is 1.99. The molecule has 4 heteroatoms. The first kappa shape index (κ1) is 12.5. The summed E-state index contributed by atoms with van der Waals surface area (Å²) in [4.78, 5) is 4.39. The number of nitrogens with zero attached hydrogens (tertiary/aromatic N) is 1. The summed E-state index contributed by atoms with van der Waals surface area (Å²) in [5.74, 6) is 0. The molecule has 1 heterocycles. The fraction of sp³-hybridized carbons (Fsp3) is 0.545. The lowest BCUT2D eigenvalue weighted by atomic mass is 10.2. The van der Waals surface area contributed by atoms with Gasteiger partial charge in [0.05, 0.1) is 11.6 Å². The molecule has 0 saturated carbocycles. The van der Waals surface area contributed by atoms with Gasteiger partial charge >= 0.3 is 0 Å². The summed E-state index contributed by atoms with van der Waals surface area (Å²) in [5, 5.41) is 4.40. The number of nitrogens with one attached hydrogen (secondary N) is 1. The summed E-state index contributed by atoms with van der Waals surface area (Å²) >= 11 is 1.68. The molecule has 1 N–H and O–H groups in total. The normalized spacial score (nSPS) is 10.6. The largest absolute Gasteiger partial charge is 0.383 e. The highest BCUT2D eigenvalue weighted by molar-refractivity contribution is 7.98. The van der Waals surface area contributed by atoms with Gasteiger partial charge in [-0.3, -0.25) is 0 Å². The van der Waals surface area contributed by atoms with E-state index in [2.05, 4.69) is 23.3 Å². The maximum absolute atomic E-state index is 4.96. The monoisotopic (exact) mass is 226 g/mol. The lowest BCUT2D eigenvalue weighted by Gasteiger charge is -2.06. The Hall–Kier alpha value is -0.580. The van der Waals surface area contributed by atoms with Crippen LogP contribution >= 0.6 is 11.8 Å². The molecule has 0 aromatic carbocycles. The highest BCUT2D eigenvalue weighted by atomic mass is 32.2. The van der Waals surface area contributed by atoms with Crippen molar-refractivity contribution in [1.29, 1.82) is 0 Å². The Morgan fingerprint density at radius 2 is 2.33 bits per heavy atom. The number of rotatable bonds is 6. The molecule has 84 valence electrons. The predicted molar refractivity (Wildman–Crippen MR) is 64.3 cm³/mol. The molecule has 0 amide bonds. The zero-order valence-corrected chi connectivity index (χ0v) is 10.4. The molecule has 15 heavy (non-hydrogen) atoms. The Labute approximate surface area is 95.6 Å². The molecule has 0 atom stereocenters. The van der Waals surface area contributed by atoms with E-state index >= 15 is 0 Å². The number of hydrogen-bond acceptors (Lipinski definition) is 4. The van der Waals surface area contributed by atoms with E-state index in [0.717, 1.165) is 24.7 Å². The minimum Gasteiger partial charge on any atom is -0.383 e. The molecule has 1 aromatic heterocycles. The molecule has 1 rings (SSSR count). The van der Waals surface area contributed by atoms with E-state index in [1.807, 2.05) is 12.5 Å². The molecule has 3 nitrogen and oxygen atoms in total. The summed E-state index contributed by atoms with van der Waals surface area (Å²) in [7, 11) is 1.71. The SMILES string of the molecule is COCCNCc1cnc(SC)c(C)c1. The first-order valence-electron chi connectivity index (χ1n) is 4.97. The topological polar surface area (TPSA) is 34.1 Å². The minimum absolute atomic E-state index is 0.745. The maximum atomic E-state index is 4.96. The van der Waals surface area contributed by atoms with Crippen molar-refractivity contribution in [1.82, 2.24) is 10.3 Å². The van der Waals surface area contributed by atoms with Gasteiger partial charge in [0.25, 0.3) is 0 Å². The van der Waals surface area contributed by atoms with Crippen molar-refractivity contribution >= 4 is 11.8 Å². The minimum atomic E-state index is 0.745. The summed E-state index contributed by atoms with van der Waals surface area (Å²) < 4.78 is 4.96. The fourth-order valence-corrected chi connectivity index (χ4v) is 1.88. The molecule has 0 saturated heterocycles. The van der Waals surface area contributed by atoms with Crippen LogP contribution in [0.5, 0.6) is 0 Å². The number of pyridine rings is 1. The predicted octanol–water partition coefficient (Wildman–Crippen LogP) is 1.85. The van der Waals surface area contributed by atoms with Crippen LogP contribution in [-0.2, 0) is 11.3 Å². The third kappa shape index (κ3) is 4.20. The lowest BCUT2D eigenvalue weighted by molar-refractivity contribution is 0.199. The van der Waals surface area contributed by atoms with Crippen LogP contribution in [-0.4, -0.2) is 31.5 Å². The Morgan fingerprint density at radius 1 is 1.53 bits per heavy atom. The fourth-order valence-electron chi connectivity index (χ4n) is 1.34. The van der Waals surface area contributed by atoms with E-state index in [1.165, 1.54) is 11.1 Å². The number of thioether (sulfide) groups is 1. The second-order valence-electron chi connectivity index (χ2n) is 3.34. The Balaban J connectivity index is 2.45. The van der Waals surface area contributed by atoms with E-state index in [-0.39, 0.29) is 0 Å². The summed E-state index contributed by atoms with van der Waals surface area (Å²) in [6, 6.07) is 2.18. The van der Waals surface area contributed by atoms with Crippen molar-refractivity contribution in [2.24, 2.45) is 0 Å². The van der Waals surface area contributed by atoms with Crippen LogP contribution in [0.3, 0.4) is 0 Å². The average molecular weight is 226 g/mol. The van der Waals surface area contributed by atoms with Gasteiger partial charge in [-0.2, -0.15) is 0 Å². The standard InChI is InChI=1S/C11H18N2OS/c1-9-6-10(7-12-4-5-14-2)8-13-11(9)15-3/h6,8,12H,4-5,7H2,1-3H3. The van der Waals surface area contributed by atoms with Crippen molar-refractivity contribution in [3.63, 3.8) is 0 Å². The van der Waals surface area contributed by atoms with Crippen LogP contribution in [0.1, 0.15) is 11.1 Å². The van der Waals surface area contributed by atoms with Crippen LogP contribution in [0.15, 0.2) is 17.3 Å². The molecular formula is C11H18N2OS. The van der Waals surface area contributed by atoms with Crippen LogP contribution in [0.25, 0.3) is 0 Å². The molecule has 0 radical (unpaired) electrons. The Morgan fingerprint density at radius 3 is 2.93 bits per heavy atom. The smallest absolute Gasteiger partial charge is 0.0986 e. The van der Waals surface area contributed by atoms with E-state index in [1.54, 1.807) is 18.9 Å². The van der Waals surface area contributed by atoms with Gasteiger partial charge < -0.3 is 10.1 Å². The average Bonchev–Trinajstić information content (AvgIpc) is 2.25. The Bertz CT molecular complexity index is 305. The van der Waals surface area contributed by atoms with Gasteiger partial charge in [-0.15, -0.1) is 11.8 Å². The summed E-state index contributed by atoms with van der Waals surface area (Å²) in [6.45, 7) is 4.57. The molecule has 0 aliphatic carbocycles. The van der Waals surface area contributed by atoms with Crippen molar-refractivity contribution in [2.75, 3.05) is 26.5 Å². The summed E-state index contributed by atoms with van der Waals surface area (Å²) in [5.41, 5.74) is 2.47. The first-order chi connectivity index (χ1) is 7.27. The highest BCUT2D eigenvalue weighted by Crippen LogP contribution is 2.17. The number of ether oxygens (including phenoxy) is 1. The molecule has 0 aliphatic heterocycles. The van der Waals surface area contributed by atoms with Crippen LogP contribution in [0, 0.1) is 6.92 Å². The molecule has 0 fully saturated rings. The molecule has 1 aromatic rings. The van der Waals surface area contributed by atoms with E-state index in [4.69, 9.17) is 4.74 Å². The quantitative estimate of drug-likeness (QED) is 0.593. The van der Waals surface area contributed by atoms with E-state index in [9.17, 15) is 0 Å². The maximum Gasteiger partial charge on any atom is 0.0986 e. The number of aromatic nitrogens is 1. The van der Waals surface area contributed by atoms with Gasteiger partial charge in [-0.25, -0.2) is 4.98 Å². The van der Waals surface area contributed by atoms with Gasteiger partial charge in [-0.05, 0) is 24.3 Å². The van der Waals surface area contributed by atoms with Crippen molar-refractivity contribution in [3.05, 3.63) is 23.4 Å². The van der Waals surface area contributed by atoms with Gasteiger partial charge in [0.2, 0.25) is 0 Å². The number of aryl methyl sites for hydroxylation is 1. The zero-order valence-electron chi connectivity index (χ0n) is 9.54. The molecule has 0 unspecified atom stereocenters. The first-order valence-corrected chi connectivity index (χ1v) is 6.19. The zero-order chi connectivity index (χ0) is 11.1. The lowest BCUT2D eigenvalue weighted by Crippen LogP contribution is -2.18. The van der Waals surface area contributed by atoms with Crippen LogP contribution in [0.4, 0.5) is 0 Å². The second kappa shape index (κ2) is 6.82.